The van der Waals surface area contributed by atoms with Crippen LogP contribution in [0.3, 0.4) is 0 Å². The normalized spacial score (nSPS) is 19.5. The van der Waals surface area contributed by atoms with Gasteiger partial charge >= 0.3 is 12.1 Å². The number of ether oxygens (including phenoxy) is 2. The van der Waals surface area contributed by atoms with Crippen molar-refractivity contribution in [2.45, 2.75) is 16.3 Å². The molecule has 86 valence electrons. The van der Waals surface area contributed by atoms with Gasteiger partial charge in [-0.25, -0.2) is 4.79 Å². The van der Waals surface area contributed by atoms with Crippen molar-refractivity contribution in [3.8, 4) is 0 Å². The number of carbonyl (C=O) groups excluding carboxylic acids is 2. The summed E-state index contributed by atoms with van der Waals surface area (Å²) in [5.41, 5.74) is 0. The van der Waals surface area contributed by atoms with E-state index in [0.717, 1.165) is 0 Å². The van der Waals surface area contributed by atoms with Gasteiger partial charge in [0.25, 0.3) is 0 Å². The van der Waals surface area contributed by atoms with E-state index in [1.165, 1.54) is 14.2 Å². The lowest BCUT2D eigenvalue weighted by Crippen LogP contribution is -2.47. The van der Waals surface area contributed by atoms with Crippen LogP contribution in [0, 0.1) is 0 Å². The second-order valence-corrected chi connectivity index (χ2v) is 5.48. The molecule has 0 bridgehead atoms. The van der Waals surface area contributed by atoms with Crippen LogP contribution in [0.15, 0.2) is 0 Å². The van der Waals surface area contributed by atoms with Gasteiger partial charge in [0.1, 0.15) is 3.42 Å². The second kappa shape index (κ2) is 5.00. The molecular formula is C9H14INO4. The number of halogens is 1. The molecule has 0 spiro atoms. The summed E-state index contributed by atoms with van der Waals surface area (Å²) >= 11 is 2.11. The third-order valence-electron chi connectivity index (χ3n) is 2.54. The summed E-state index contributed by atoms with van der Waals surface area (Å²) in [6.07, 6.45) is 0.878. The molecule has 1 heterocycles. The van der Waals surface area contributed by atoms with Crippen LogP contribution in [0.5, 0.6) is 0 Å². The van der Waals surface area contributed by atoms with E-state index < -0.39 is 3.42 Å². The Balaban J connectivity index is 2.55. The van der Waals surface area contributed by atoms with Crippen molar-refractivity contribution in [1.82, 2.24) is 4.90 Å². The third kappa shape index (κ3) is 2.73. The monoisotopic (exact) mass is 327 g/mol. The number of piperidine rings is 1. The number of carbonyl (C=O) groups is 2. The van der Waals surface area contributed by atoms with E-state index in [-0.39, 0.29) is 12.1 Å². The molecule has 15 heavy (non-hydrogen) atoms. The van der Waals surface area contributed by atoms with Crippen LogP contribution in [0.25, 0.3) is 0 Å². The molecule has 1 saturated heterocycles. The second-order valence-electron chi connectivity index (χ2n) is 3.41. The number of nitrogens with zero attached hydrogens (tertiary/aromatic N) is 1. The first-order valence-electron chi connectivity index (χ1n) is 4.64. The van der Waals surface area contributed by atoms with Gasteiger partial charge in [0.2, 0.25) is 0 Å². The number of likely N-dealkylation sites (tertiary alicyclic amines) is 1. The van der Waals surface area contributed by atoms with E-state index in [4.69, 9.17) is 4.74 Å². The first kappa shape index (κ1) is 12.5. The summed E-state index contributed by atoms with van der Waals surface area (Å²) in [7, 11) is 2.74. The maximum atomic E-state index is 11.5. The Morgan fingerprint density at radius 3 is 2.13 bits per heavy atom. The largest absolute Gasteiger partial charge is 0.468 e. The summed E-state index contributed by atoms with van der Waals surface area (Å²) in [4.78, 5) is 24.3. The molecule has 0 aliphatic carbocycles. The fourth-order valence-electron chi connectivity index (χ4n) is 1.56. The maximum absolute atomic E-state index is 11.5. The Kier molecular flexibility index (Phi) is 4.18. The van der Waals surface area contributed by atoms with E-state index >= 15 is 0 Å². The molecule has 1 aliphatic rings. The lowest BCUT2D eigenvalue weighted by molar-refractivity contribution is -0.144. The molecule has 0 aromatic heterocycles. The van der Waals surface area contributed by atoms with Crippen LogP contribution < -0.4 is 0 Å². The van der Waals surface area contributed by atoms with Crippen LogP contribution in [-0.2, 0) is 14.3 Å². The Morgan fingerprint density at radius 2 is 1.73 bits per heavy atom. The lowest BCUT2D eigenvalue weighted by Gasteiger charge is -2.35. The van der Waals surface area contributed by atoms with Gasteiger partial charge < -0.3 is 14.4 Å². The van der Waals surface area contributed by atoms with Crippen molar-refractivity contribution in [3.05, 3.63) is 0 Å². The van der Waals surface area contributed by atoms with Gasteiger partial charge in [0.05, 0.1) is 14.2 Å². The molecule has 1 aliphatic heterocycles. The molecule has 1 fully saturated rings. The van der Waals surface area contributed by atoms with Crippen LogP contribution >= 0.6 is 22.6 Å². The fraction of sp³-hybridized carbons (Fsp3) is 0.778. The number of hydrogen-bond donors (Lipinski definition) is 0. The number of rotatable bonds is 1. The molecule has 5 nitrogen and oxygen atoms in total. The fourth-order valence-corrected chi connectivity index (χ4v) is 2.26. The van der Waals surface area contributed by atoms with Gasteiger partial charge in [-0.05, 0) is 12.8 Å². The van der Waals surface area contributed by atoms with Crippen LogP contribution in [0.2, 0.25) is 0 Å². The summed E-state index contributed by atoms with van der Waals surface area (Å²) in [6.45, 7) is 1.06. The Hall–Kier alpha value is -0.530. The molecular weight excluding hydrogens is 313 g/mol. The van der Waals surface area contributed by atoms with Gasteiger partial charge in [0.15, 0.2) is 0 Å². The van der Waals surface area contributed by atoms with Gasteiger partial charge in [-0.3, -0.25) is 4.79 Å². The molecule has 1 amide bonds. The first-order valence-corrected chi connectivity index (χ1v) is 5.71. The number of alkyl halides is 1. The van der Waals surface area contributed by atoms with Crippen molar-refractivity contribution in [2.75, 3.05) is 27.3 Å². The van der Waals surface area contributed by atoms with Gasteiger partial charge in [0, 0.05) is 13.1 Å². The molecule has 0 aromatic rings. The number of esters is 1. The molecule has 1 rings (SSSR count). The molecule has 0 N–H and O–H groups in total. The summed E-state index contributed by atoms with van der Waals surface area (Å²) in [6, 6.07) is 0. The maximum Gasteiger partial charge on any atom is 0.409 e. The van der Waals surface area contributed by atoms with Crippen LogP contribution in [0.1, 0.15) is 12.8 Å². The minimum Gasteiger partial charge on any atom is -0.468 e. The zero-order valence-electron chi connectivity index (χ0n) is 8.79. The molecule has 0 radical (unpaired) electrons. The van der Waals surface area contributed by atoms with E-state index in [0.29, 0.717) is 25.9 Å². The zero-order valence-corrected chi connectivity index (χ0v) is 10.9. The Morgan fingerprint density at radius 1 is 1.20 bits per heavy atom. The van der Waals surface area contributed by atoms with E-state index in [2.05, 4.69) is 27.3 Å². The smallest absolute Gasteiger partial charge is 0.409 e. The lowest BCUT2D eigenvalue weighted by atomic mass is 9.97. The minimum atomic E-state index is -0.489. The highest BCUT2D eigenvalue weighted by Crippen LogP contribution is 2.33. The van der Waals surface area contributed by atoms with E-state index in [1.54, 1.807) is 4.90 Å². The quantitative estimate of drug-likeness (QED) is 0.413. The summed E-state index contributed by atoms with van der Waals surface area (Å²) < 4.78 is 8.86. The molecule has 0 unspecified atom stereocenters. The van der Waals surface area contributed by atoms with Crippen molar-refractivity contribution >= 4 is 34.7 Å². The minimum absolute atomic E-state index is 0.215. The standard InChI is InChI=1S/C9H14INO4/c1-14-7(12)9(10)3-5-11(6-4-9)8(13)15-2/h3-6H2,1-2H3. The SMILES string of the molecule is COC(=O)N1CCC(I)(C(=O)OC)CC1. The third-order valence-corrected chi connectivity index (χ3v) is 4.06. The molecule has 0 aromatic carbocycles. The molecule has 6 heteroatoms. The number of hydrogen-bond acceptors (Lipinski definition) is 4. The van der Waals surface area contributed by atoms with Crippen molar-refractivity contribution in [3.63, 3.8) is 0 Å². The summed E-state index contributed by atoms with van der Waals surface area (Å²) in [5.74, 6) is -0.215. The first-order chi connectivity index (χ1) is 7.03. The highest BCUT2D eigenvalue weighted by molar-refractivity contribution is 14.1. The van der Waals surface area contributed by atoms with E-state index in [9.17, 15) is 9.59 Å². The Labute approximate surface area is 102 Å². The van der Waals surface area contributed by atoms with Gasteiger partial charge in [-0.15, -0.1) is 0 Å². The number of amides is 1. The van der Waals surface area contributed by atoms with Crippen molar-refractivity contribution < 1.29 is 19.1 Å². The number of methoxy groups -OCH3 is 2. The highest BCUT2D eigenvalue weighted by Gasteiger charge is 2.41. The zero-order chi connectivity index (χ0) is 11.5. The Bertz CT molecular complexity index is 261. The topological polar surface area (TPSA) is 55.8 Å². The van der Waals surface area contributed by atoms with Gasteiger partial charge in [-0.2, -0.15) is 0 Å². The predicted molar refractivity (Wildman–Crippen MR) is 62.0 cm³/mol. The summed E-state index contributed by atoms with van der Waals surface area (Å²) in [5, 5.41) is 0. The van der Waals surface area contributed by atoms with Crippen molar-refractivity contribution in [1.29, 1.82) is 0 Å². The molecule has 0 saturated carbocycles. The van der Waals surface area contributed by atoms with Crippen LogP contribution in [-0.4, -0.2) is 47.7 Å². The average Bonchev–Trinajstić information content (AvgIpc) is 2.28. The predicted octanol–water partition coefficient (Wildman–Crippen LogP) is 1.20. The van der Waals surface area contributed by atoms with Crippen molar-refractivity contribution in [2.24, 2.45) is 0 Å². The molecule has 0 atom stereocenters. The van der Waals surface area contributed by atoms with Crippen LogP contribution in [0.4, 0.5) is 4.79 Å². The highest BCUT2D eigenvalue weighted by atomic mass is 127. The van der Waals surface area contributed by atoms with Gasteiger partial charge in [-0.1, -0.05) is 22.6 Å². The average molecular weight is 327 g/mol. The van der Waals surface area contributed by atoms with E-state index in [1.807, 2.05) is 0 Å².